The highest BCUT2D eigenvalue weighted by Gasteiger charge is 2.26. The first kappa shape index (κ1) is 25.9. The van der Waals surface area contributed by atoms with Crippen LogP contribution >= 0.6 is 0 Å². The number of ether oxygens (including phenoxy) is 1. The van der Waals surface area contributed by atoms with E-state index in [0.717, 1.165) is 94.6 Å². The predicted molar refractivity (Wildman–Crippen MR) is 192 cm³/mol. The van der Waals surface area contributed by atoms with Gasteiger partial charge in [0.1, 0.15) is 11.2 Å². The number of fused-ring (bicyclic) bond motifs is 9. The van der Waals surface area contributed by atoms with Gasteiger partial charge in [-0.15, -0.1) is 0 Å². The van der Waals surface area contributed by atoms with Gasteiger partial charge in [0.25, 0.3) is 0 Å². The van der Waals surface area contributed by atoms with Crippen LogP contribution in [0.3, 0.4) is 0 Å². The number of hydrogen-bond donors (Lipinski definition) is 0. The van der Waals surface area contributed by atoms with Crippen molar-refractivity contribution in [2.24, 2.45) is 0 Å². The van der Waals surface area contributed by atoms with Crippen LogP contribution in [-0.2, 0) is 0 Å². The maximum absolute atomic E-state index is 6.78. The van der Waals surface area contributed by atoms with Gasteiger partial charge in [-0.2, -0.15) is 0 Å². The van der Waals surface area contributed by atoms with Crippen LogP contribution in [0.4, 0.5) is 17.1 Å². The summed E-state index contributed by atoms with van der Waals surface area (Å²) in [6.07, 6.45) is 0. The molecule has 4 heteroatoms. The Morgan fingerprint density at radius 3 is 2.00 bits per heavy atom. The van der Waals surface area contributed by atoms with Crippen LogP contribution in [0.25, 0.3) is 66.0 Å². The van der Waals surface area contributed by atoms with Crippen molar-refractivity contribution >= 4 is 60.7 Å². The van der Waals surface area contributed by atoms with E-state index in [1.54, 1.807) is 0 Å². The lowest BCUT2D eigenvalue weighted by molar-refractivity contribution is 0.477. The fraction of sp³-hybridized carbons (Fsp3) is 0. The van der Waals surface area contributed by atoms with E-state index in [-0.39, 0.29) is 0 Å². The molecule has 1 aliphatic heterocycles. The molecule has 4 nitrogen and oxygen atoms in total. The Balaban J connectivity index is 1.21. The average Bonchev–Trinajstić information content (AvgIpc) is 3.53. The second-order valence-corrected chi connectivity index (χ2v) is 11.9. The fourth-order valence-corrected chi connectivity index (χ4v) is 7.17. The molecule has 0 saturated carbocycles. The number of rotatable bonds is 3. The quantitative estimate of drug-likeness (QED) is 0.189. The van der Waals surface area contributed by atoms with E-state index in [0.29, 0.717) is 0 Å². The summed E-state index contributed by atoms with van der Waals surface area (Å²) < 4.78 is 13.1. The van der Waals surface area contributed by atoms with Crippen LogP contribution in [0.15, 0.2) is 162 Å². The van der Waals surface area contributed by atoms with Gasteiger partial charge in [0.15, 0.2) is 11.5 Å². The number of para-hydroxylation sites is 6. The van der Waals surface area contributed by atoms with E-state index in [1.165, 1.54) is 0 Å². The van der Waals surface area contributed by atoms with Crippen LogP contribution in [0.1, 0.15) is 0 Å². The highest BCUT2D eigenvalue weighted by Crippen LogP contribution is 2.51. The Labute approximate surface area is 270 Å². The summed E-state index contributed by atoms with van der Waals surface area (Å²) in [6, 6.07) is 54.6. The summed E-state index contributed by atoms with van der Waals surface area (Å²) in [5.41, 5.74) is 9.96. The molecule has 3 heterocycles. The van der Waals surface area contributed by atoms with Gasteiger partial charge < -0.3 is 14.1 Å². The minimum Gasteiger partial charge on any atom is -0.455 e. The standard InChI is InChI=1S/C43H26N2O2/c1-2-12-27(13-3-1)42-32-24-25-39-41(40(32)31-16-4-5-19-34(31)44-42)33-18-11-17-30(43(33)47-39)28-14-10-15-29(26-28)45-35-20-6-8-22-37(35)46-38-23-9-7-21-36(38)45/h1-26H. The molecule has 1 aliphatic rings. The molecular formula is C43H26N2O2. The number of nitrogens with zero attached hydrogens (tertiary/aromatic N) is 2. The second-order valence-electron chi connectivity index (χ2n) is 11.9. The molecule has 47 heavy (non-hydrogen) atoms. The SMILES string of the molecule is c1ccc(-c2nc3ccccc3c3c2ccc2oc4c(-c5cccc(N6c7ccccc7Oc7ccccc76)c5)cccc4c23)cc1. The Morgan fingerprint density at radius 1 is 0.489 bits per heavy atom. The van der Waals surface area contributed by atoms with Gasteiger partial charge in [0.05, 0.1) is 22.6 Å². The summed E-state index contributed by atoms with van der Waals surface area (Å²) in [6.45, 7) is 0. The molecule has 0 fully saturated rings. The summed E-state index contributed by atoms with van der Waals surface area (Å²) in [5, 5.41) is 5.60. The van der Waals surface area contributed by atoms with Crippen molar-refractivity contribution in [3.05, 3.63) is 158 Å². The third-order valence-electron chi connectivity index (χ3n) is 9.22. The molecule has 2 aromatic heterocycles. The van der Waals surface area contributed by atoms with E-state index in [1.807, 2.05) is 30.3 Å². The Morgan fingerprint density at radius 2 is 1.17 bits per heavy atom. The zero-order valence-corrected chi connectivity index (χ0v) is 25.2. The molecule has 0 amide bonds. The van der Waals surface area contributed by atoms with Gasteiger partial charge >= 0.3 is 0 Å². The number of aromatic nitrogens is 1. The Hall–Kier alpha value is -6.39. The van der Waals surface area contributed by atoms with Gasteiger partial charge in [-0.05, 0) is 60.2 Å². The van der Waals surface area contributed by atoms with E-state index < -0.39 is 0 Å². The normalized spacial score (nSPS) is 12.4. The largest absolute Gasteiger partial charge is 0.455 e. The van der Waals surface area contributed by atoms with Crippen molar-refractivity contribution in [1.29, 1.82) is 0 Å². The molecule has 0 aliphatic carbocycles. The molecule has 7 aromatic carbocycles. The molecule has 9 aromatic rings. The molecule has 0 spiro atoms. The van der Waals surface area contributed by atoms with Gasteiger partial charge in [0.2, 0.25) is 0 Å². The topological polar surface area (TPSA) is 38.5 Å². The van der Waals surface area contributed by atoms with Crippen molar-refractivity contribution < 1.29 is 9.15 Å². The first-order valence-corrected chi connectivity index (χ1v) is 15.8. The zero-order chi connectivity index (χ0) is 30.9. The highest BCUT2D eigenvalue weighted by molar-refractivity contribution is 6.29. The first-order valence-electron chi connectivity index (χ1n) is 15.8. The summed E-state index contributed by atoms with van der Waals surface area (Å²) >= 11 is 0. The maximum Gasteiger partial charge on any atom is 0.151 e. The molecule has 0 saturated heterocycles. The predicted octanol–water partition coefficient (Wildman–Crippen LogP) is 12.2. The smallest absolute Gasteiger partial charge is 0.151 e. The zero-order valence-electron chi connectivity index (χ0n) is 25.2. The fourth-order valence-electron chi connectivity index (χ4n) is 7.17. The summed E-state index contributed by atoms with van der Waals surface area (Å²) in [5.74, 6) is 1.67. The van der Waals surface area contributed by atoms with Crippen LogP contribution in [-0.4, -0.2) is 4.98 Å². The van der Waals surface area contributed by atoms with Crippen molar-refractivity contribution in [2.45, 2.75) is 0 Å². The summed E-state index contributed by atoms with van der Waals surface area (Å²) in [7, 11) is 0. The van der Waals surface area contributed by atoms with Crippen LogP contribution in [0.2, 0.25) is 0 Å². The van der Waals surface area contributed by atoms with Gasteiger partial charge in [-0.25, -0.2) is 4.98 Å². The van der Waals surface area contributed by atoms with Gasteiger partial charge in [-0.3, -0.25) is 0 Å². The van der Waals surface area contributed by atoms with Crippen molar-refractivity contribution in [1.82, 2.24) is 4.98 Å². The molecule has 0 unspecified atom stereocenters. The lowest BCUT2D eigenvalue weighted by Crippen LogP contribution is -2.15. The van der Waals surface area contributed by atoms with E-state index in [9.17, 15) is 0 Å². The van der Waals surface area contributed by atoms with Crippen molar-refractivity contribution in [2.75, 3.05) is 4.90 Å². The van der Waals surface area contributed by atoms with E-state index in [4.69, 9.17) is 14.1 Å². The molecular weight excluding hydrogens is 576 g/mol. The Kier molecular flexibility index (Phi) is 5.54. The van der Waals surface area contributed by atoms with E-state index in [2.05, 4.69) is 132 Å². The Bertz CT molecular complexity index is 2630. The third kappa shape index (κ3) is 3.92. The molecule has 0 radical (unpaired) electrons. The monoisotopic (exact) mass is 602 g/mol. The minimum atomic E-state index is 0.833. The second kappa shape index (κ2) is 10.1. The number of hydrogen-bond acceptors (Lipinski definition) is 4. The van der Waals surface area contributed by atoms with Gasteiger partial charge in [0, 0.05) is 43.7 Å². The minimum absolute atomic E-state index is 0.833. The third-order valence-corrected chi connectivity index (χ3v) is 9.22. The lowest BCUT2D eigenvalue weighted by atomic mass is 9.95. The van der Waals surface area contributed by atoms with Crippen LogP contribution in [0, 0.1) is 0 Å². The van der Waals surface area contributed by atoms with Gasteiger partial charge in [-0.1, -0.05) is 103 Å². The van der Waals surface area contributed by atoms with Crippen LogP contribution < -0.4 is 9.64 Å². The number of benzene rings is 7. The highest BCUT2D eigenvalue weighted by atomic mass is 16.5. The van der Waals surface area contributed by atoms with Crippen molar-refractivity contribution in [3.63, 3.8) is 0 Å². The number of anilines is 3. The number of furan rings is 1. The molecule has 10 rings (SSSR count). The number of pyridine rings is 1. The molecule has 0 bridgehead atoms. The van der Waals surface area contributed by atoms with Crippen LogP contribution in [0.5, 0.6) is 11.5 Å². The van der Waals surface area contributed by atoms with Crippen molar-refractivity contribution in [3.8, 4) is 33.9 Å². The molecule has 0 N–H and O–H groups in total. The maximum atomic E-state index is 6.78. The first-order chi connectivity index (χ1) is 23.3. The summed E-state index contributed by atoms with van der Waals surface area (Å²) in [4.78, 5) is 7.42. The molecule has 220 valence electrons. The lowest BCUT2D eigenvalue weighted by Gasteiger charge is -2.33. The molecule has 0 atom stereocenters. The van der Waals surface area contributed by atoms with E-state index >= 15 is 0 Å². The average molecular weight is 603 g/mol.